The van der Waals surface area contributed by atoms with E-state index in [1.54, 1.807) is 6.92 Å². The predicted molar refractivity (Wildman–Crippen MR) is 91.8 cm³/mol. The molecule has 0 heterocycles. The second-order valence-electron chi connectivity index (χ2n) is 6.34. The van der Waals surface area contributed by atoms with Crippen molar-refractivity contribution in [3.8, 4) is 0 Å². The molecule has 0 aromatic carbocycles. The quantitative estimate of drug-likeness (QED) is 0.322. The number of unbranched alkanes of at least 4 members (excludes halogenated alkanes) is 5. The number of hydrogen-bond donors (Lipinski definition) is 0. The number of hydrogen-bond acceptors (Lipinski definition) is 3. The van der Waals surface area contributed by atoms with Crippen LogP contribution in [-0.4, -0.2) is 18.4 Å². The summed E-state index contributed by atoms with van der Waals surface area (Å²) >= 11 is 0. The predicted octanol–water partition coefficient (Wildman–Crippen LogP) is 5.31. The summed E-state index contributed by atoms with van der Waals surface area (Å²) in [6, 6.07) is 0. The first-order chi connectivity index (χ1) is 10.6. The number of carbonyl (C=O) groups excluding carboxylic acids is 2. The van der Waals surface area contributed by atoms with Gasteiger partial charge in [0.2, 0.25) is 0 Å². The van der Waals surface area contributed by atoms with E-state index in [4.69, 9.17) is 4.74 Å². The first-order valence-corrected chi connectivity index (χ1v) is 9.25. The third kappa shape index (κ3) is 9.22. The molecule has 0 radical (unpaired) electrons. The minimum Gasteiger partial charge on any atom is -0.465 e. The van der Waals surface area contributed by atoms with E-state index >= 15 is 0 Å². The smallest absolute Gasteiger partial charge is 0.309 e. The highest BCUT2D eigenvalue weighted by atomic mass is 16.5. The van der Waals surface area contributed by atoms with Gasteiger partial charge >= 0.3 is 5.97 Å². The second kappa shape index (κ2) is 13.8. The van der Waals surface area contributed by atoms with E-state index in [1.807, 2.05) is 0 Å². The Labute approximate surface area is 137 Å². The normalized spacial score (nSPS) is 13.6. The minimum atomic E-state index is -0.248. The molecule has 0 aromatic rings. The molecule has 2 unspecified atom stereocenters. The summed E-state index contributed by atoms with van der Waals surface area (Å²) in [7, 11) is 0. The van der Waals surface area contributed by atoms with Crippen molar-refractivity contribution in [2.75, 3.05) is 6.61 Å². The van der Waals surface area contributed by atoms with Crippen LogP contribution in [0.15, 0.2) is 0 Å². The van der Waals surface area contributed by atoms with Gasteiger partial charge in [-0.2, -0.15) is 0 Å². The molecule has 0 spiro atoms. The van der Waals surface area contributed by atoms with E-state index in [0.29, 0.717) is 6.61 Å². The number of Topliss-reactive ketones (excluding diaryl/α,β-unsaturated/α-hetero) is 1. The van der Waals surface area contributed by atoms with Crippen molar-refractivity contribution in [1.29, 1.82) is 0 Å². The molecule has 3 nitrogen and oxygen atoms in total. The Kier molecular flexibility index (Phi) is 13.2. The lowest BCUT2D eigenvalue weighted by Gasteiger charge is -2.23. The Morgan fingerprint density at radius 3 is 1.86 bits per heavy atom. The van der Waals surface area contributed by atoms with Crippen LogP contribution in [0, 0.1) is 11.8 Å². The molecule has 0 rings (SSSR count). The SMILES string of the molecule is CCCCCCCCOC(=O)C(CCC)C(CCC)C(C)=O. The Balaban J connectivity index is 4.21. The molecule has 22 heavy (non-hydrogen) atoms. The molecule has 0 aliphatic carbocycles. The molecule has 0 amide bonds. The fourth-order valence-corrected chi connectivity index (χ4v) is 2.96. The average molecular weight is 312 g/mol. The van der Waals surface area contributed by atoms with Crippen LogP contribution in [0.3, 0.4) is 0 Å². The van der Waals surface area contributed by atoms with Crippen LogP contribution in [0.25, 0.3) is 0 Å². The van der Waals surface area contributed by atoms with Crippen LogP contribution in [0.2, 0.25) is 0 Å². The number of rotatable bonds is 14. The van der Waals surface area contributed by atoms with Crippen molar-refractivity contribution in [1.82, 2.24) is 0 Å². The van der Waals surface area contributed by atoms with Gasteiger partial charge in [-0.3, -0.25) is 9.59 Å². The van der Waals surface area contributed by atoms with Crippen LogP contribution in [0.4, 0.5) is 0 Å². The number of ketones is 1. The number of esters is 1. The van der Waals surface area contributed by atoms with Crippen LogP contribution in [0.1, 0.15) is 91.9 Å². The summed E-state index contributed by atoms with van der Waals surface area (Å²) in [6.45, 7) is 8.42. The van der Waals surface area contributed by atoms with E-state index in [-0.39, 0.29) is 23.6 Å². The van der Waals surface area contributed by atoms with Crippen molar-refractivity contribution in [2.24, 2.45) is 11.8 Å². The van der Waals surface area contributed by atoms with E-state index in [2.05, 4.69) is 20.8 Å². The molecule has 0 saturated carbocycles. The highest BCUT2D eigenvalue weighted by molar-refractivity contribution is 5.85. The highest BCUT2D eigenvalue weighted by Gasteiger charge is 2.31. The molecule has 0 N–H and O–H groups in total. The summed E-state index contributed by atoms with van der Waals surface area (Å²) < 4.78 is 5.45. The van der Waals surface area contributed by atoms with Crippen molar-refractivity contribution < 1.29 is 14.3 Å². The van der Waals surface area contributed by atoms with E-state index < -0.39 is 0 Å². The van der Waals surface area contributed by atoms with Gasteiger partial charge in [0, 0.05) is 5.92 Å². The average Bonchev–Trinajstić information content (AvgIpc) is 2.49. The van der Waals surface area contributed by atoms with Crippen LogP contribution < -0.4 is 0 Å². The molecule has 3 heteroatoms. The third-order valence-electron chi connectivity index (χ3n) is 4.25. The summed E-state index contributed by atoms with van der Waals surface area (Å²) in [5.74, 6) is -0.453. The van der Waals surface area contributed by atoms with Crippen molar-refractivity contribution in [2.45, 2.75) is 91.9 Å². The molecule has 0 bridgehead atoms. The lowest BCUT2D eigenvalue weighted by molar-refractivity contribution is -0.153. The lowest BCUT2D eigenvalue weighted by atomic mass is 9.83. The van der Waals surface area contributed by atoms with Crippen molar-refractivity contribution in [3.05, 3.63) is 0 Å². The van der Waals surface area contributed by atoms with Gasteiger partial charge in [0.15, 0.2) is 0 Å². The Bertz CT molecular complexity index is 299. The summed E-state index contributed by atoms with van der Waals surface area (Å²) in [4.78, 5) is 24.1. The molecule has 130 valence electrons. The van der Waals surface area contributed by atoms with Crippen LogP contribution in [-0.2, 0) is 14.3 Å². The molecule has 0 aliphatic heterocycles. The lowest BCUT2D eigenvalue weighted by Crippen LogP contribution is -2.30. The zero-order valence-electron chi connectivity index (χ0n) is 15.2. The van der Waals surface area contributed by atoms with Gasteiger partial charge in [-0.05, 0) is 26.2 Å². The third-order valence-corrected chi connectivity index (χ3v) is 4.25. The second-order valence-corrected chi connectivity index (χ2v) is 6.34. The summed E-state index contributed by atoms with van der Waals surface area (Å²) in [6.07, 6.45) is 10.4. The van der Waals surface area contributed by atoms with Crippen molar-refractivity contribution in [3.63, 3.8) is 0 Å². The van der Waals surface area contributed by atoms with E-state index in [1.165, 1.54) is 25.7 Å². The summed E-state index contributed by atoms with van der Waals surface area (Å²) in [5.41, 5.74) is 0. The molecular formula is C19H36O3. The Morgan fingerprint density at radius 2 is 1.32 bits per heavy atom. The van der Waals surface area contributed by atoms with Gasteiger partial charge in [0.05, 0.1) is 12.5 Å². The highest BCUT2D eigenvalue weighted by Crippen LogP contribution is 2.25. The van der Waals surface area contributed by atoms with Gasteiger partial charge in [-0.25, -0.2) is 0 Å². The summed E-state index contributed by atoms with van der Waals surface area (Å²) in [5, 5.41) is 0. The fourth-order valence-electron chi connectivity index (χ4n) is 2.96. The zero-order valence-corrected chi connectivity index (χ0v) is 15.2. The molecule has 0 saturated heterocycles. The Morgan fingerprint density at radius 1 is 0.773 bits per heavy atom. The maximum Gasteiger partial charge on any atom is 0.309 e. The van der Waals surface area contributed by atoms with Gasteiger partial charge in [0.1, 0.15) is 5.78 Å². The zero-order chi connectivity index (χ0) is 16.8. The topological polar surface area (TPSA) is 43.4 Å². The van der Waals surface area contributed by atoms with Gasteiger partial charge in [0.25, 0.3) is 0 Å². The molecule has 0 fully saturated rings. The van der Waals surface area contributed by atoms with Crippen molar-refractivity contribution >= 4 is 11.8 Å². The maximum atomic E-state index is 12.3. The first-order valence-electron chi connectivity index (χ1n) is 9.25. The van der Waals surface area contributed by atoms with Gasteiger partial charge in [-0.15, -0.1) is 0 Å². The Hall–Kier alpha value is -0.860. The van der Waals surface area contributed by atoms with Crippen LogP contribution in [0.5, 0.6) is 0 Å². The maximum absolute atomic E-state index is 12.3. The van der Waals surface area contributed by atoms with Gasteiger partial charge < -0.3 is 4.74 Å². The fraction of sp³-hybridized carbons (Fsp3) is 0.895. The van der Waals surface area contributed by atoms with Crippen LogP contribution >= 0.6 is 0 Å². The standard InChI is InChI=1S/C19H36O3/c1-5-8-9-10-11-12-15-22-19(21)18(14-7-3)17(13-6-2)16(4)20/h17-18H,5-15H2,1-4H3. The molecule has 0 aromatic heterocycles. The van der Waals surface area contributed by atoms with E-state index in [9.17, 15) is 9.59 Å². The first kappa shape index (κ1) is 21.1. The number of ether oxygens (including phenoxy) is 1. The number of carbonyl (C=O) groups is 2. The van der Waals surface area contributed by atoms with E-state index in [0.717, 1.165) is 38.5 Å². The largest absolute Gasteiger partial charge is 0.465 e. The molecular weight excluding hydrogens is 276 g/mol. The monoisotopic (exact) mass is 312 g/mol. The minimum absolute atomic E-state index is 0.122. The van der Waals surface area contributed by atoms with Gasteiger partial charge in [-0.1, -0.05) is 65.7 Å². The molecule has 0 aliphatic rings. The molecule has 2 atom stereocenters.